The van der Waals surface area contributed by atoms with E-state index < -0.39 is 0 Å². The Hall–Kier alpha value is -1.30. The highest BCUT2D eigenvalue weighted by Gasteiger charge is 2.21. The van der Waals surface area contributed by atoms with E-state index in [1.54, 1.807) is 0 Å². The first kappa shape index (κ1) is 20.7. The molecule has 0 unspecified atom stereocenters. The quantitative estimate of drug-likeness (QED) is 0.867. The summed E-state index contributed by atoms with van der Waals surface area (Å²) in [5.74, 6) is 1.11. The lowest BCUT2D eigenvalue weighted by molar-refractivity contribution is -0.132. The van der Waals surface area contributed by atoms with Crippen LogP contribution in [0.15, 0.2) is 18.2 Å². The highest BCUT2D eigenvalue weighted by Crippen LogP contribution is 2.17. The van der Waals surface area contributed by atoms with Crippen LogP contribution in [-0.2, 0) is 11.2 Å². The molecule has 1 aliphatic heterocycles. The van der Waals surface area contributed by atoms with Crippen molar-refractivity contribution >= 4 is 41.8 Å². The van der Waals surface area contributed by atoms with Crippen LogP contribution in [0.25, 0.3) is 11.0 Å². The lowest BCUT2D eigenvalue weighted by Crippen LogP contribution is -2.44. The van der Waals surface area contributed by atoms with E-state index in [-0.39, 0.29) is 30.7 Å². The predicted octanol–water partition coefficient (Wildman–Crippen LogP) is 2.86. The largest absolute Gasteiger partial charge is 0.343 e. The Balaban J connectivity index is 0.00000144. The molecule has 0 bridgehead atoms. The summed E-state index contributed by atoms with van der Waals surface area (Å²) in [6, 6.07) is 6.49. The van der Waals surface area contributed by atoms with E-state index in [9.17, 15) is 4.79 Å². The fourth-order valence-electron chi connectivity index (χ4n) is 3.14. The summed E-state index contributed by atoms with van der Waals surface area (Å²) >= 11 is 0. The van der Waals surface area contributed by atoms with Gasteiger partial charge >= 0.3 is 0 Å². The van der Waals surface area contributed by atoms with Crippen LogP contribution in [0.2, 0.25) is 0 Å². The zero-order valence-corrected chi connectivity index (χ0v) is 15.8. The third kappa shape index (κ3) is 4.62. The number of aromatic nitrogens is 2. The number of rotatable bonds is 4. The number of nitrogens with zero attached hydrogens (tertiary/aromatic N) is 2. The molecule has 0 atom stereocenters. The summed E-state index contributed by atoms with van der Waals surface area (Å²) in [6.45, 7) is 4.07. The number of hydrogen-bond donors (Lipinski definition) is 2. The van der Waals surface area contributed by atoms with Crippen molar-refractivity contribution in [1.82, 2.24) is 20.2 Å². The van der Waals surface area contributed by atoms with Crippen LogP contribution in [0.3, 0.4) is 0 Å². The summed E-state index contributed by atoms with van der Waals surface area (Å²) in [5, 5.41) is 3.33. The van der Waals surface area contributed by atoms with Gasteiger partial charge in [0.2, 0.25) is 5.91 Å². The van der Waals surface area contributed by atoms with Crippen molar-refractivity contribution in [2.24, 2.45) is 0 Å². The first-order valence-corrected chi connectivity index (χ1v) is 8.06. The molecule has 0 aliphatic carbocycles. The minimum Gasteiger partial charge on any atom is -0.343 e. The maximum absolute atomic E-state index is 12.4. The summed E-state index contributed by atoms with van der Waals surface area (Å²) in [6.07, 6.45) is 3.28. The molecule has 0 saturated carbocycles. The number of H-pyrrole nitrogens is 1. The molecule has 2 N–H and O–H groups in total. The van der Waals surface area contributed by atoms with Crippen LogP contribution < -0.4 is 5.32 Å². The Morgan fingerprint density at radius 1 is 1.29 bits per heavy atom. The highest BCUT2D eigenvalue weighted by atomic mass is 35.5. The third-order valence-corrected chi connectivity index (χ3v) is 4.59. The van der Waals surface area contributed by atoms with Crippen LogP contribution in [-0.4, -0.2) is 47.0 Å². The van der Waals surface area contributed by atoms with Crippen LogP contribution in [0.1, 0.15) is 30.7 Å². The number of amides is 1. The molecule has 1 amide bonds. The average Bonchev–Trinajstić information content (AvgIpc) is 2.97. The minimum absolute atomic E-state index is 0. The molecule has 2 heterocycles. The smallest absolute Gasteiger partial charge is 0.223 e. The van der Waals surface area contributed by atoms with Gasteiger partial charge < -0.3 is 15.2 Å². The molecule has 0 spiro atoms. The lowest BCUT2D eigenvalue weighted by Gasteiger charge is -2.31. The number of carbonyl (C=O) groups is 1. The molecule has 24 heavy (non-hydrogen) atoms. The van der Waals surface area contributed by atoms with Crippen molar-refractivity contribution in [1.29, 1.82) is 0 Å². The molecule has 2 aromatic rings. The second kappa shape index (κ2) is 9.25. The van der Waals surface area contributed by atoms with E-state index in [0.717, 1.165) is 48.4 Å². The summed E-state index contributed by atoms with van der Waals surface area (Å²) in [4.78, 5) is 22.2. The number of aryl methyl sites for hydroxylation is 2. The first-order chi connectivity index (χ1) is 10.6. The predicted molar refractivity (Wildman–Crippen MR) is 102 cm³/mol. The second-order valence-electron chi connectivity index (χ2n) is 6.14. The van der Waals surface area contributed by atoms with Gasteiger partial charge in [-0.1, -0.05) is 12.1 Å². The van der Waals surface area contributed by atoms with Gasteiger partial charge in [0.15, 0.2) is 0 Å². The maximum atomic E-state index is 12.4. The molecule has 1 aromatic carbocycles. The van der Waals surface area contributed by atoms with Crippen molar-refractivity contribution in [3.8, 4) is 0 Å². The number of piperidine rings is 1. The van der Waals surface area contributed by atoms with E-state index in [2.05, 4.69) is 28.3 Å². The standard InChI is InChI=1S/C17H24N4O.2ClH/c1-12-4-3-5-14-17(12)20-15(19-14)6-7-16(22)21(2)13-8-10-18-11-9-13;;/h3-5,13,18H,6-11H2,1-2H3,(H,19,20);2*1H. The lowest BCUT2D eigenvalue weighted by atomic mass is 10.0. The number of benzene rings is 1. The number of hydrogen-bond acceptors (Lipinski definition) is 3. The van der Waals surface area contributed by atoms with Gasteiger partial charge in [-0.15, -0.1) is 24.8 Å². The highest BCUT2D eigenvalue weighted by molar-refractivity contribution is 5.85. The van der Waals surface area contributed by atoms with Crippen LogP contribution in [0, 0.1) is 6.92 Å². The molecule has 134 valence electrons. The summed E-state index contributed by atoms with van der Waals surface area (Å²) in [5.41, 5.74) is 3.23. The van der Waals surface area contributed by atoms with Crippen LogP contribution >= 0.6 is 24.8 Å². The van der Waals surface area contributed by atoms with E-state index >= 15 is 0 Å². The Morgan fingerprint density at radius 2 is 2.00 bits per heavy atom. The Labute approximate surface area is 155 Å². The molecule has 5 nitrogen and oxygen atoms in total. The fourth-order valence-corrected chi connectivity index (χ4v) is 3.14. The van der Waals surface area contributed by atoms with Gasteiger partial charge in [-0.3, -0.25) is 4.79 Å². The van der Waals surface area contributed by atoms with Crippen molar-refractivity contribution in [3.63, 3.8) is 0 Å². The van der Waals surface area contributed by atoms with E-state index in [4.69, 9.17) is 0 Å². The second-order valence-corrected chi connectivity index (χ2v) is 6.14. The number of halogens is 2. The minimum atomic E-state index is 0. The number of nitrogens with one attached hydrogen (secondary N) is 2. The zero-order chi connectivity index (χ0) is 15.5. The van der Waals surface area contributed by atoms with Crippen LogP contribution in [0.4, 0.5) is 0 Å². The molecule has 3 rings (SSSR count). The van der Waals surface area contributed by atoms with E-state index in [1.807, 2.05) is 24.1 Å². The number of fused-ring (bicyclic) bond motifs is 1. The van der Waals surface area contributed by atoms with Crippen molar-refractivity contribution < 1.29 is 4.79 Å². The van der Waals surface area contributed by atoms with Gasteiger partial charge in [-0.05, 0) is 44.5 Å². The molecule has 1 aliphatic rings. The van der Waals surface area contributed by atoms with Gasteiger partial charge in [0.05, 0.1) is 11.0 Å². The Morgan fingerprint density at radius 3 is 2.67 bits per heavy atom. The van der Waals surface area contributed by atoms with E-state index in [0.29, 0.717) is 18.9 Å². The van der Waals surface area contributed by atoms with Gasteiger partial charge in [0.25, 0.3) is 0 Å². The zero-order valence-electron chi connectivity index (χ0n) is 14.2. The van der Waals surface area contributed by atoms with Crippen molar-refractivity contribution in [3.05, 3.63) is 29.6 Å². The Bertz CT molecular complexity index is 668. The normalized spacial score (nSPS) is 14.8. The monoisotopic (exact) mass is 372 g/mol. The Kier molecular flexibility index (Phi) is 8.00. The summed E-state index contributed by atoms with van der Waals surface area (Å²) in [7, 11) is 1.93. The topological polar surface area (TPSA) is 61.0 Å². The molecule has 1 saturated heterocycles. The number of carbonyl (C=O) groups excluding carboxylic acids is 1. The van der Waals surface area contributed by atoms with Crippen LogP contribution in [0.5, 0.6) is 0 Å². The molecular formula is C17H26Cl2N4O. The fraction of sp³-hybridized carbons (Fsp3) is 0.529. The SMILES string of the molecule is Cc1cccc2[nH]c(CCC(=O)N(C)C3CCNCC3)nc12.Cl.Cl. The maximum Gasteiger partial charge on any atom is 0.223 e. The summed E-state index contributed by atoms with van der Waals surface area (Å²) < 4.78 is 0. The first-order valence-electron chi connectivity index (χ1n) is 8.06. The number of imidazole rings is 1. The molecule has 1 fully saturated rings. The van der Waals surface area contributed by atoms with Gasteiger partial charge in [0.1, 0.15) is 5.82 Å². The van der Waals surface area contributed by atoms with Gasteiger partial charge in [-0.2, -0.15) is 0 Å². The van der Waals surface area contributed by atoms with Gasteiger partial charge in [-0.25, -0.2) is 4.98 Å². The third-order valence-electron chi connectivity index (χ3n) is 4.59. The van der Waals surface area contributed by atoms with Crippen molar-refractivity contribution in [2.75, 3.05) is 20.1 Å². The number of aromatic amines is 1. The van der Waals surface area contributed by atoms with E-state index in [1.165, 1.54) is 0 Å². The average molecular weight is 373 g/mol. The number of para-hydroxylation sites is 1. The molecule has 0 radical (unpaired) electrons. The molecule has 7 heteroatoms. The van der Waals surface area contributed by atoms with Gasteiger partial charge in [0, 0.05) is 25.9 Å². The molecule has 1 aromatic heterocycles. The van der Waals surface area contributed by atoms with Crippen molar-refractivity contribution in [2.45, 2.75) is 38.6 Å². The molecular weight excluding hydrogens is 347 g/mol.